The summed E-state index contributed by atoms with van der Waals surface area (Å²) in [5, 5.41) is 0.356. The molecule has 0 atom stereocenters. The number of nitrogens with zero attached hydrogens (tertiary/aromatic N) is 2. The Morgan fingerprint density at radius 2 is 2.04 bits per heavy atom. The fourth-order valence-corrected chi connectivity index (χ4v) is 4.62. The Morgan fingerprint density at radius 3 is 2.69 bits per heavy atom. The van der Waals surface area contributed by atoms with E-state index < -0.39 is 10.0 Å². The monoisotopic (exact) mass is 395 g/mol. The van der Waals surface area contributed by atoms with Crippen LogP contribution in [-0.2, 0) is 10.0 Å². The number of hydrogen-bond donors (Lipinski definition) is 1. The number of pyridine rings is 1. The van der Waals surface area contributed by atoms with E-state index in [4.69, 9.17) is 16.3 Å². The molecule has 26 heavy (non-hydrogen) atoms. The molecule has 2 heterocycles. The minimum absolute atomic E-state index is 0.0680. The molecule has 1 saturated heterocycles. The van der Waals surface area contributed by atoms with Crippen LogP contribution < -0.4 is 14.4 Å². The highest BCUT2D eigenvalue weighted by Gasteiger charge is 2.24. The van der Waals surface area contributed by atoms with Gasteiger partial charge in [0.15, 0.2) is 0 Å². The third-order valence-corrected chi connectivity index (χ3v) is 6.24. The highest BCUT2D eigenvalue weighted by molar-refractivity contribution is 7.89. The van der Waals surface area contributed by atoms with Crippen LogP contribution in [0, 0.1) is 5.92 Å². The topological polar surface area (TPSA) is 71.5 Å². The Labute approximate surface area is 159 Å². The molecule has 140 valence electrons. The fraction of sp³-hybridized carbons (Fsp3) is 0.389. The lowest BCUT2D eigenvalue weighted by molar-refractivity contribution is 0.395. The zero-order valence-electron chi connectivity index (χ0n) is 14.6. The van der Waals surface area contributed by atoms with Gasteiger partial charge < -0.3 is 9.64 Å². The SMILES string of the molecule is COc1ccc(Cl)cc1S(=O)(=O)NCC1CCN(c2ccccn2)CC1. The summed E-state index contributed by atoms with van der Waals surface area (Å²) in [5.41, 5.74) is 0. The number of rotatable bonds is 6. The molecule has 0 aliphatic carbocycles. The average Bonchev–Trinajstić information content (AvgIpc) is 2.67. The van der Waals surface area contributed by atoms with Crippen molar-refractivity contribution in [2.45, 2.75) is 17.7 Å². The van der Waals surface area contributed by atoms with E-state index in [0.717, 1.165) is 31.7 Å². The predicted molar refractivity (Wildman–Crippen MR) is 102 cm³/mol. The summed E-state index contributed by atoms with van der Waals surface area (Å²) in [4.78, 5) is 6.66. The number of nitrogens with one attached hydrogen (secondary N) is 1. The summed E-state index contributed by atoms with van der Waals surface area (Å²) in [6, 6.07) is 10.4. The standard InChI is InChI=1S/C18H22ClN3O3S/c1-25-16-6-5-15(19)12-17(16)26(23,24)21-13-14-7-10-22(11-8-14)18-4-2-3-9-20-18/h2-6,9,12,14,21H,7-8,10-11,13H2,1H3. The first kappa shape index (κ1) is 18.9. The average molecular weight is 396 g/mol. The Morgan fingerprint density at radius 1 is 1.27 bits per heavy atom. The molecule has 0 radical (unpaired) electrons. The van der Waals surface area contributed by atoms with E-state index in [2.05, 4.69) is 14.6 Å². The van der Waals surface area contributed by atoms with Crippen LogP contribution in [-0.4, -0.2) is 40.1 Å². The highest BCUT2D eigenvalue weighted by atomic mass is 35.5. The Bertz CT molecular complexity index is 838. The van der Waals surface area contributed by atoms with E-state index in [1.54, 1.807) is 18.3 Å². The van der Waals surface area contributed by atoms with Crippen LogP contribution in [0.1, 0.15) is 12.8 Å². The second-order valence-electron chi connectivity index (χ2n) is 6.27. The van der Waals surface area contributed by atoms with E-state index in [-0.39, 0.29) is 16.6 Å². The van der Waals surface area contributed by atoms with Crippen molar-refractivity contribution in [3.8, 4) is 5.75 Å². The number of anilines is 1. The minimum Gasteiger partial charge on any atom is -0.495 e. The maximum absolute atomic E-state index is 12.6. The van der Waals surface area contributed by atoms with E-state index in [1.807, 2.05) is 18.2 Å². The number of ether oxygens (including phenoxy) is 1. The molecule has 6 nitrogen and oxygen atoms in total. The summed E-state index contributed by atoms with van der Waals surface area (Å²) in [6.45, 7) is 2.13. The van der Waals surface area contributed by atoms with Gasteiger partial charge in [0, 0.05) is 30.9 Å². The van der Waals surface area contributed by atoms with Gasteiger partial charge in [0.1, 0.15) is 16.5 Å². The Kier molecular flexibility index (Phi) is 6.01. The molecular formula is C18H22ClN3O3S. The molecule has 1 aromatic carbocycles. The van der Waals surface area contributed by atoms with E-state index in [9.17, 15) is 8.42 Å². The van der Waals surface area contributed by atoms with Crippen LogP contribution in [0.2, 0.25) is 5.02 Å². The van der Waals surface area contributed by atoms with Crippen LogP contribution in [0.15, 0.2) is 47.5 Å². The number of piperidine rings is 1. The maximum atomic E-state index is 12.6. The number of aromatic nitrogens is 1. The number of methoxy groups -OCH3 is 1. The quantitative estimate of drug-likeness (QED) is 0.814. The second kappa shape index (κ2) is 8.24. The Hall–Kier alpha value is -1.83. The predicted octanol–water partition coefficient (Wildman–Crippen LogP) is 2.94. The molecule has 3 rings (SSSR count). The van der Waals surface area contributed by atoms with Gasteiger partial charge in [0.25, 0.3) is 0 Å². The molecule has 8 heteroatoms. The molecule has 2 aromatic rings. The molecule has 0 spiro atoms. The minimum atomic E-state index is -3.68. The summed E-state index contributed by atoms with van der Waals surface area (Å²) in [6.07, 6.45) is 3.60. The van der Waals surface area contributed by atoms with E-state index >= 15 is 0 Å². The first-order valence-electron chi connectivity index (χ1n) is 8.49. The molecular weight excluding hydrogens is 374 g/mol. The first-order chi connectivity index (χ1) is 12.5. The van der Waals surface area contributed by atoms with Crippen LogP contribution >= 0.6 is 11.6 Å². The van der Waals surface area contributed by atoms with Gasteiger partial charge in [-0.25, -0.2) is 18.1 Å². The normalized spacial score (nSPS) is 15.8. The zero-order chi connectivity index (χ0) is 18.6. The Balaban J connectivity index is 1.59. The number of halogens is 1. The number of benzene rings is 1. The largest absolute Gasteiger partial charge is 0.495 e. The zero-order valence-corrected chi connectivity index (χ0v) is 16.1. The maximum Gasteiger partial charge on any atom is 0.244 e. The summed E-state index contributed by atoms with van der Waals surface area (Å²) in [5.74, 6) is 1.54. The summed E-state index contributed by atoms with van der Waals surface area (Å²) in [7, 11) is -2.24. The molecule has 0 saturated carbocycles. The van der Waals surface area contributed by atoms with Gasteiger partial charge >= 0.3 is 0 Å². The van der Waals surface area contributed by atoms with Crippen LogP contribution in [0.5, 0.6) is 5.75 Å². The van der Waals surface area contributed by atoms with Crippen molar-refractivity contribution in [3.05, 3.63) is 47.6 Å². The molecule has 1 aliphatic heterocycles. The third-order valence-electron chi connectivity index (χ3n) is 4.57. The van der Waals surface area contributed by atoms with Crippen molar-refractivity contribution in [1.29, 1.82) is 0 Å². The molecule has 1 fully saturated rings. The van der Waals surface area contributed by atoms with E-state index in [0.29, 0.717) is 11.6 Å². The van der Waals surface area contributed by atoms with Gasteiger partial charge in [0.2, 0.25) is 10.0 Å². The summed E-state index contributed by atoms with van der Waals surface area (Å²) < 4.78 is 33.1. The molecule has 1 aromatic heterocycles. The fourth-order valence-electron chi connectivity index (χ4n) is 3.07. The molecule has 0 unspecified atom stereocenters. The van der Waals surface area contributed by atoms with Gasteiger partial charge in [-0.3, -0.25) is 0 Å². The van der Waals surface area contributed by atoms with Crippen LogP contribution in [0.25, 0.3) is 0 Å². The molecule has 1 N–H and O–H groups in total. The summed E-state index contributed by atoms with van der Waals surface area (Å²) >= 11 is 5.94. The van der Waals surface area contributed by atoms with Crippen molar-refractivity contribution in [3.63, 3.8) is 0 Å². The van der Waals surface area contributed by atoms with Gasteiger partial charge in [-0.1, -0.05) is 17.7 Å². The first-order valence-corrected chi connectivity index (χ1v) is 10.3. The van der Waals surface area contributed by atoms with Crippen LogP contribution in [0.3, 0.4) is 0 Å². The van der Waals surface area contributed by atoms with Crippen molar-refractivity contribution in [1.82, 2.24) is 9.71 Å². The van der Waals surface area contributed by atoms with Crippen LogP contribution in [0.4, 0.5) is 5.82 Å². The highest BCUT2D eigenvalue weighted by Crippen LogP contribution is 2.27. The van der Waals surface area contributed by atoms with Crippen molar-refractivity contribution in [2.24, 2.45) is 5.92 Å². The van der Waals surface area contributed by atoms with Crippen molar-refractivity contribution in [2.75, 3.05) is 31.6 Å². The number of sulfonamides is 1. The lowest BCUT2D eigenvalue weighted by Crippen LogP contribution is -2.39. The van der Waals surface area contributed by atoms with Gasteiger partial charge in [-0.05, 0) is 49.1 Å². The van der Waals surface area contributed by atoms with Gasteiger partial charge in [-0.2, -0.15) is 0 Å². The lowest BCUT2D eigenvalue weighted by atomic mass is 9.97. The third kappa shape index (κ3) is 4.47. The second-order valence-corrected chi connectivity index (χ2v) is 8.44. The van der Waals surface area contributed by atoms with E-state index in [1.165, 1.54) is 13.2 Å². The van der Waals surface area contributed by atoms with Gasteiger partial charge in [0.05, 0.1) is 7.11 Å². The van der Waals surface area contributed by atoms with Gasteiger partial charge in [-0.15, -0.1) is 0 Å². The molecule has 0 bridgehead atoms. The van der Waals surface area contributed by atoms with Crippen molar-refractivity contribution >= 4 is 27.4 Å². The smallest absolute Gasteiger partial charge is 0.244 e. The van der Waals surface area contributed by atoms with Crippen molar-refractivity contribution < 1.29 is 13.2 Å². The number of hydrogen-bond acceptors (Lipinski definition) is 5. The molecule has 0 amide bonds. The lowest BCUT2D eigenvalue weighted by Gasteiger charge is -2.32. The molecule has 1 aliphatic rings.